The first kappa shape index (κ1) is 28.8. The second-order valence-electron chi connectivity index (χ2n) is 6.45. The van der Waals surface area contributed by atoms with Gasteiger partial charge < -0.3 is 11.5 Å². The van der Waals surface area contributed by atoms with Crippen molar-refractivity contribution in [1.29, 1.82) is 0 Å². The van der Waals surface area contributed by atoms with Gasteiger partial charge in [0.25, 0.3) is 0 Å². The fourth-order valence-electron chi connectivity index (χ4n) is 2.23. The first-order valence-electron chi connectivity index (χ1n) is 10.5. The Morgan fingerprint density at radius 1 is 0.731 bits per heavy atom. The number of hydrogen-bond donors (Lipinski definition) is 1. The molecule has 158 valence electrons. The minimum atomic E-state index is -2.81. The van der Waals surface area contributed by atoms with Crippen molar-refractivity contribution in [1.82, 2.24) is 0 Å². The van der Waals surface area contributed by atoms with E-state index in [1.54, 1.807) is 10.8 Å². The molecule has 0 fully saturated rings. The van der Waals surface area contributed by atoms with E-state index in [0.29, 0.717) is 13.2 Å². The van der Waals surface area contributed by atoms with Crippen LogP contribution in [0, 0.1) is 0 Å². The van der Waals surface area contributed by atoms with E-state index in [9.17, 15) is 3.80 Å². The molecule has 7 heteroatoms. The molecule has 0 saturated carbocycles. The van der Waals surface area contributed by atoms with Crippen LogP contribution in [0.2, 0.25) is 0 Å². The lowest BCUT2D eigenvalue weighted by molar-refractivity contribution is -0.229. The molecule has 0 rings (SSSR count). The number of rotatable bonds is 19. The van der Waals surface area contributed by atoms with Gasteiger partial charge in [-0.1, -0.05) is 95.8 Å². The van der Waals surface area contributed by atoms with Crippen molar-refractivity contribution < 1.29 is 16.4 Å². The van der Waals surface area contributed by atoms with E-state index >= 15 is 0 Å². The molecule has 0 atom stereocenters. The van der Waals surface area contributed by atoms with Gasteiger partial charge in [-0.25, -0.2) is 0 Å². The number of thiol groups is 1. The summed E-state index contributed by atoms with van der Waals surface area (Å²) in [7, 11) is 1.60. The summed E-state index contributed by atoms with van der Waals surface area (Å²) in [6, 6.07) is 0. The van der Waals surface area contributed by atoms with E-state index in [4.69, 9.17) is 12.6 Å². The van der Waals surface area contributed by atoms with Crippen LogP contribution in [0.3, 0.4) is 0 Å². The van der Waals surface area contributed by atoms with Gasteiger partial charge in [0, 0.05) is 12.4 Å². The van der Waals surface area contributed by atoms with Gasteiger partial charge in [0.15, 0.2) is 0 Å². The zero-order valence-electron chi connectivity index (χ0n) is 17.4. The maximum absolute atomic E-state index is 11.4. The maximum Gasteiger partial charge on any atom is 0.840 e. The Hall–Kier alpha value is 0.592. The molecular formula is C19H42AlO4S2-. The molecule has 0 aromatic rings. The van der Waals surface area contributed by atoms with Gasteiger partial charge in [-0.05, 0) is 19.3 Å². The number of hydrogen-bond acceptors (Lipinski definition) is 6. The van der Waals surface area contributed by atoms with Gasteiger partial charge in [0.2, 0.25) is 0 Å². The van der Waals surface area contributed by atoms with Gasteiger partial charge in [-0.15, -0.1) is 11.7 Å². The van der Waals surface area contributed by atoms with E-state index in [-0.39, 0.29) is 0 Å². The zero-order valence-corrected chi connectivity index (χ0v) is 20.2. The summed E-state index contributed by atoms with van der Waals surface area (Å²) in [5.41, 5.74) is 0. The quantitative estimate of drug-likeness (QED) is 0.0599. The predicted molar refractivity (Wildman–Crippen MR) is 118 cm³/mol. The molecule has 0 heterocycles. The molecule has 0 aliphatic carbocycles. The van der Waals surface area contributed by atoms with Crippen LogP contribution in [0.15, 0.2) is 0 Å². The van der Waals surface area contributed by atoms with Gasteiger partial charge in [0.05, 0.1) is 6.61 Å². The van der Waals surface area contributed by atoms with E-state index in [0.717, 1.165) is 25.7 Å². The largest absolute Gasteiger partial charge is 0.840 e. The Balaban J connectivity index is 0. The summed E-state index contributed by atoms with van der Waals surface area (Å²) in [6.45, 7) is 7.59. The summed E-state index contributed by atoms with van der Waals surface area (Å²) < 4.78 is 21.3. The van der Waals surface area contributed by atoms with Gasteiger partial charge in [-0.3, -0.25) is 4.89 Å². The Morgan fingerprint density at radius 3 is 1.69 bits per heavy atom. The van der Waals surface area contributed by atoms with Crippen molar-refractivity contribution in [3.8, 4) is 0 Å². The second-order valence-corrected chi connectivity index (χ2v) is 8.99. The molecule has 0 saturated heterocycles. The average Bonchev–Trinajstić information content (AvgIpc) is 2.64. The lowest BCUT2D eigenvalue weighted by Gasteiger charge is -2.17. The number of unbranched alkanes of at least 4 members (excludes halogenated alkanes) is 10. The standard InChI is InChI=1S/C8H18O2.C8H17O.C3H8S2.Al.O/c1-2-3-4-5-6-7-8-10-9;1-2-3-4-5-6-7-8-9;1-2-3-5-4;;/h9H,2-8H2,1H3;2-8H2,1H3;4H,2-3H2,1H3;;/q;-1;;+1;/p-1. The van der Waals surface area contributed by atoms with Crippen molar-refractivity contribution in [2.24, 2.45) is 0 Å². The Labute approximate surface area is 176 Å². The molecule has 0 spiro atoms. The molecular weight excluding hydrogens is 383 g/mol. The first-order chi connectivity index (χ1) is 12.7. The van der Waals surface area contributed by atoms with Crippen LogP contribution in [0.25, 0.3) is 0 Å². The molecule has 0 unspecified atom stereocenters. The summed E-state index contributed by atoms with van der Waals surface area (Å²) >= 11 is 1.11. The van der Waals surface area contributed by atoms with Gasteiger partial charge >= 0.3 is 14.8 Å². The molecule has 0 amide bonds. The minimum Gasteiger partial charge on any atom is -0.769 e. The summed E-state index contributed by atoms with van der Waals surface area (Å²) in [4.78, 5) is 4.94. The van der Waals surface area contributed by atoms with Crippen LogP contribution in [0.1, 0.15) is 104 Å². The summed E-state index contributed by atoms with van der Waals surface area (Å²) in [6.07, 6.45) is 15.6. The average molecular weight is 426 g/mol. The Morgan fingerprint density at radius 2 is 1.23 bits per heavy atom. The highest BCUT2D eigenvalue weighted by Gasteiger charge is 2.04. The van der Waals surface area contributed by atoms with Crippen molar-refractivity contribution >= 4 is 37.2 Å². The molecule has 0 aliphatic rings. The van der Waals surface area contributed by atoms with Crippen molar-refractivity contribution in [3.63, 3.8) is 0 Å². The molecule has 0 bridgehead atoms. The smallest absolute Gasteiger partial charge is 0.769 e. The van der Waals surface area contributed by atoms with Crippen LogP contribution < -0.4 is 0 Å². The van der Waals surface area contributed by atoms with Gasteiger partial charge in [0.1, 0.15) is 0 Å². The molecule has 4 nitrogen and oxygen atoms in total. The highest BCUT2D eigenvalue weighted by atomic mass is 33.1. The van der Waals surface area contributed by atoms with E-state index < -0.39 is 14.8 Å². The third-order valence-electron chi connectivity index (χ3n) is 3.78. The molecule has 26 heavy (non-hydrogen) atoms. The Bertz CT molecular complexity index is 270. The fourth-order valence-corrected chi connectivity index (χ4v) is 3.58. The summed E-state index contributed by atoms with van der Waals surface area (Å²) in [5.74, 6) is 1.17. The summed E-state index contributed by atoms with van der Waals surface area (Å²) in [5, 5.41) is 0. The molecule has 0 aromatic heterocycles. The highest BCUT2D eigenvalue weighted by molar-refractivity contribution is 8.68. The minimum absolute atomic E-state index is 0.512. The molecule has 0 radical (unpaired) electrons. The normalized spacial score (nSPS) is 10.2. The third kappa shape index (κ3) is 29.4. The zero-order chi connectivity index (χ0) is 19.7. The van der Waals surface area contributed by atoms with Crippen LogP contribution in [0.4, 0.5) is 0 Å². The lowest BCUT2D eigenvalue weighted by Crippen LogP contribution is -2.14. The monoisotopic (exact) mass is 425 g/mol. The van der Waals surface area contributed by atoms with Crippen LogP contribution in [0.5, 0.6) is 0 Å². The first-order valence-corrected chi connectivity index (χ1v) is 14.0. The SMILES string of the molecule is CCCCCCCCO[O][Al-](=[O])[O]CCCCCCCC.CCCSS. The third-order valence-corrected chi connectivity index (χ3v) is 5.71. The Kier molecular flexibility index (Phi) is 30.8. The van der Waals surface area contributed by atoms with E-state index in [2.05, 4.69) is 32.4 Å². The maximum atomic E-state index is 11.4. The van der Waals surface area contributed by atoms with E-state index in [1.807, 2.05) is 0 Å². The van der Waals surface area contributed by atoms with E-state index in [1.165, 1.54) is 63.5 Å². The van der Waals surface area contributed by atoms with Crippen LogP contribution in [-0.4, -0.2) is 33.7 Å². The van der Waals surface area contributed by atoms with Gasteiger partial charge in [-0.2, -0.15) is 0 Å². The lowest BCUT2D eigenvalue weighted by atomic mass is 10.1. The highest BCUT2D eigenvalue weighted by Crippen LogP contribution is 2.06. The molecule has 0 N–H and O–H groups in total. The molecule has 0 aliphatic heterocycles. The van der Waals surface area contributed by atoms with Crippen LogP contribution >= 0.6 is 22.5 Å². The second kappa shape index (κ2) is 27.8. The fraction of sp³-hybridized carbons (Fsp3) is 1.00. The van der Waals surface area contributed by atoms with Crippen LogP contribution in [-0.2, 0) is 16.4 Å². The predicted octanol–water partition coefficient (Wildman–Crippen LogP) is 7.06. The van der Waals surface area contributed by atoms with Crippen molar-refractivity contribution in [2.45, 2.75) is 104 Å². The van der Waals surface area contributed by atoms with Crippen molar-refractivity contribution in [3.05, 3.63) is 0 Å². The van der Waals surface area contributed by atoms with Crippen molar-refractivity contribution in [2.75, 3.05) is 19.0 Å². The topological polar surface area (TPSA) is 44.8 Å². The molecule has 0 aromatic carbocycles.